The van der Waals surface area contributed by atoms with Gasteiger partial charge >= 0.3 is 5.97 Å². The number of ketones is 2. The molecule has 0 bridgehead atoms. The van der Waals surface area contributed by atoms with Crippen LogP contribution in [0, 0.1) is 22.7 Å². The minimum atomic E-state index is -1.70. The molecule has 8 unspecified atom stereocenters. The van der Waals surface area contributed by atoms with Crippen LogP contribution < -0.4 is 0 Å². The van der Waals surface area contributed by atoms with Gasteiger partial charge in [-0.15, -0.1) is 0 Å². The number of aliphatic hydroxyl groups is 2. The first-order valence-electron chi connectivity index (χ1n) is 11.0. The van der Waals surface area contributed by atoms with Gasteiger partial charge in [0.2, 0.25) is 5.78 Å². The molecule has 5 aliphatic rings. The zero-order valence-electron chi connectivity index (χ0n) is 17.8. The molecule has 5 rings (SSSR count). The van der Waals surface area contributed by atoms with Crippen LogP contribution in [0.15, 0.2) is 11.6 Å². The van der Waals surface area contributed by atoms with Crippen LogP contribution >= 0.6 is 0 Å². The van der Waals surface area contributed by atoms with Crippen LogP contribution in [-0.2, 0) is 23.9 Å². The summed E-state index contributed by atoms with van der Waals surface area (Å²) in [5.41, 5.74) is -2.46. The number of carbonyl (C=O) groups excluding carboxylic acids is 3. The molecule has 4 fully saturated rings. The fourth-order valence-electron chi connectivity index (χ4n) is 7.84. The highest BCUT2D eigenvalue weighted by atomic mass is 16.6. The summed E-state index contributed by atoms with van der Waals surface area (Å²) in [7, 11) is 0. The first kappa shape index (κ1) is 20.3. The predicted octanol–water partition coefficient (Wildman–Crippen LogP) is 1.48. The van der Waals surface area contributed by atoms with Crippen LogP contribution in [-0.4, -0.2) is 57.8 Å². The summed E-state index contributed by atoms with van der Waals surface area (Å²) in [6, 6.07) is 0. The highest BCUT2D eigenvalue weighted by molar-refractivity contribution is 5.92. The first-order valence-corrected chi connectivity index (χ1v) is 11.0. The summed E-state index contributed by atoms with van der Waals surface area (Å²) in [5.74, 6) is -1.01. The van der Waals surface area contributed by atoms with Crippen molar-refractivity contribution in [3.05, 3.63) is 11.6 Å². The molecule has 1 aliphatic heterocycles. The van der Waals surface area contributed by atoms with Gasteiger partial charge in [-0.1, -0.05) is 19.4 Å². The highest BCUT2D eigenvalue weighted by Crippen LogP contribution is 2.77. The quantitative estimate of drug-likeness (QED) is 0.527. The number of fused-ring (bicyclic) bond motifs is 3. The molecule has 0 aromatic heterocycles. The van der Waals surface area contributed by atoms with Gasteiger partial charge < -0.3 is 19.7 Å². The Hall–Kier alpha value is -1.57. The van der Waals surface area contributed by atoms with Gasteiger partial charge in [0.15, 0.2) is 12.4 Å². The zero-order chi connectivity index (χ0) is 21.7. The monoisotopic (exact) mass is 418 g/mol. The van der Waals surface area contributed by atoms with E-state index in [1.54, 1.807) is 6.08 Å². The molecule has 4 aliphatic carbocycles. The van der Waals surface area contributed by atoms with Gasteiger partial charge in [-0.25, -0.2) is 0 Å². The second-order valence-electron chi connectivity index (χ2n) is 10.5. The number of hydrogen-bond donors (Lipinski definition) is 2. The van der Waals surface area contributed by atoms with Gasteiger partial charge in [-0.3, -0.25) is 14.4 Å². The molecule has 0 aromatic rings. The average molecular weight is 418 g/mol. The van der Waals surface area contributed by atoms with Crippen molar-refractivity contribution >= 4 is 17.5 Å². The van der Waals surface area contributed by atoms with Crippen LogP contribution in [0.4, 0.5) is 0 Å². The van der Waals surface area contributed by atoms with Crippen LogP contribution in [0.2, 0.25) is 0 Å². The molecule has 3 saturated carbocycles. The number of carbonyl (C=O) groups is 3. The summed E-state index contributed by atoms with van der Waals surface area (Å²) >= 11 is 0. The third-order valence-corrected chi connectivity index (χ3v) is 9.32. The maximum atomic E-state index is 13.0. The Labute approximate surface area is 175 Å². The minimum Gasteiger partial charge on any atom is -0.458 e. The van der Waals surface area contributed by atoms with Crippen molar-refractivity contribution in [2.45, 2.75) is 82.7 Å². The second kappa shape index (κ2) is 6.02. The SMILES string of the molecule is CC(=O)OCC(=O)C1(O)CC2OC23C2CCC4=CC(=O)CCC4(C)C2C(O)CC13C. The van der Waals surface area contributed by atoms with Gasteiger partial charge in [0.05, 0.1) is 12.2 Å². The molecule has 1 heterocycles. The number of epoxide rings is 1. The van der Waals surface area contributed by atoms with Gasteiger partial charge in [-0.05, 0) is 49.0 Å². The third-order valence-electron chi connectivity index (χ3n) is 9.32. The fourth-order valence-corrected chi connectivity index (χ4v) is 7.84. The summed E-state index contributed by atoms with van der Waals surface area (Å²) in [6.45, 7) is 4.76. The Kier molecular flexibility index (Phi) is 4.08. The van der Waals surface area contributed by atoms with Gasteiger partial charge in [0.25, 0.3) is 0 Å². The van der Waals surface area contributed by atoms with Crippen molar-refractivity contribution in [3.8, 4) is 0 Å². The number of Topliss-reactive ketones (excluding diaryl/α,β-unsaturated/α-hetero) is 1. The number of aliphatic hydroxyl groups excluding tert-OH is 1. The summed E-state index contributed by atoms with van der Waals surface area (Å²) in [5, 5.41) is 23.0. The highest BCUT2D eigenvalue weighted by Gasteiger charge is 2.86. The number of hydrogen-bond acceptors (Lipinski definition) is 7. The van der Waals surface area contributed by atoms with Crippen LogP contribution in [0.3, 0.4) is 0 Å². The Balaban J connectivity index is 1.52. The van der Waals surface area contributed by atoms with Crippen LogP contribution in [0.1, 0.15) is 59.3 Å². The Bertz CT molecular complexity index is 879. The summed E-state index contributed by atoms with van der Waals surface area (Å²) < 4.78 is 11.2. The van der Waals surface area contributed by atoms with E-state index in [1.165, 1.54) is 6.92 Å². The number of allylic oxidation sites excluding steroid dienone is 1. The molecule has 30 heavy (non-hydrogen) atoms. The van der Waals surface area contributed by atoms with Gasteiger partial charge in [0, 0.05) is 25.2 Å². The van der Waals surface area contributed by atoms with Crippen molar-refractivity contribution in [2.75, 3.05) is 6.61 Å². The van der Waals surface area contributed by atoms with E-state index in [4.69, 9.17) is 9.47 Å². The smallest absolute Gasteiger partial charge is 0.303 e. The van der Waals surface area contributed by atoms with E-state index >= 15 is 0 Å². The standard InChI is InChI=1S/C23H30O7/c1-12(24)29-11-17(27)22(28)10-18-23(30-18)15-5-4-13-8-14(25)6-7-20(13,2)19(15)16(26)9-21(22,23)3/h8,15-16,18-19,26,28H,4-7,9-11H2,1-3H3. The molecule has 0 aromatic carbocycles. The lowest BCUT2D eigenvalue weighted by Crippen LogP contribution is -2.67. The van der Waals surface area contributed by atoms with Crippen LogP contribution in [0.5, 0.6) is 0 Å². The van der Waals surface area contributed by atoms with E-state index < -0.39 is 41.1 Å². The Morgan fingerprint density at radius 3 is 2.70 bits per heavy atom. The van der Waals surface area contributed by atoms with E-state index in [1.807, 2.05) is 6.92 Å². The van der Waals surface area contributed by atoms with E-state index in [9.17, 15) is 24.6 Å². The molecule has 164 valence electrons. The largest absolute Gasteiger partial charge is 0.458 e. The molecular formula is C23H30O7. The molecule has 0 amide bonds. The molecule has 8 atom stereocenters. The molecule has 0 radical (unpaired) electrons. The predicted molar refractivity (Wildman–Crippen MR) is 104 cm³/mol. The van der Waals surface area contributed by atoms with Crippen molar-refractivity contribution in [1.82, 2.24) is 0 Å². The van der Waals surface area contributed by atoms with Crippen LogP contribution in [0.25, 0.3) is 0 Å². The summed E-state index contributed by atoms with van der Waals surface area (Å²) in [6.07, 6.45) is 3.94. The molecule has 1 saturated heterocycles. The summed E-state index contributed by atoms with van der Waals surface area (Å²) in [4.78, 5) is 36.2. The van der Waals surface area contributed by atoms with Crippen molar-refractivity contribution in [2.24, 2.45) is 22.7 Å². The minimum absolute atomic E-state index is 0.00199. The van der Waals surface area contributed by atoms with Gasteiger partial charge in [0.1, 0.15) is 11.2 Å². The fraction of sp³-hybridized carbons (Fsp3) is 0.783. The molecule has 1 spiro atoms. The van der Waals surface area contributed by atoms with E-state index in [0.717, 1.165) is 18.4 Å². The topological polar surface area (TPSA) is 113 Å². The normalized spacial score (nSPS) is 51.1. The molecule has 7 heteroatoms. The lowest BCUT2D eigenvalue weighted by molar-refractivity contribution is -0.205. The molecular weight excluding hydrogens is 388 g/mol. The van der Waals surface area contributed by atoms with Crippen molar-refractivity contribution in [3.63, 3.8) is 0 Å². The lowest BCUT2D eigenvalue weighted by Gasteiger charge is -2.60. The van der Waals surface area contributed by atoms with Crippen molar-refractivity contribution in [1.29, 1.82) is 0 Å². The van der Waals surface area contributed by atoms with E-state index in [0.29, 0.717) is 12.8 Å². The second-order valence-corrected chi connectivity index (χ2v) is 10.5. The maximum absolute atomic E-state index is 13.0. The van der Waals surface area contributed by atoms with E-state index in [2.05, 4.69) is 6.92 Å². The lowest BCUT2D eigenvalue weighted by atomic mass is 9.44. The molecule has 7 nitrogen and oxygen atoms in total. The number of esters is 1. The Morgan fingerprint density at radius 1 is 1.27 bits per heavy atom. The number of ether oxygens (including phenoxy) is 2. The Morgan fingerprint density at radius 2 is 2.00 bits per heavy atom. The van der Waals surface area contributed by atoms with Gasteiger partial charge in [-0.2, -0.15) is 0 Å². The first-order chi connectivity index (χ1) is 14.0. The third kappa shape index (κ3) is 2.24. The molecule has 2 N–H and O–H groups in total. The van der Waals surface area contributed by atoms with Crippen molar-refractivity contribution < 1.29 is 34.1 Å². The van der Waals surface area contributed by atoms with E-state index in [-0.39, 0.29) is 42.0 Å². The zero-order valence-corrected chi connectivity index (χ0v) is 17.8. The average Bonchev–Trinajstić information content (AvgIpc) is 3.34. The maximum Gasteiger partial charge on any atom is 0.303 e. The number of rotatable bonds is 3.